The monoisotopic (exact) mass is 184 g/mol. The highest BCUT2D eigenvalue weighted by molar-refractivity contribution is 5.43. The van der Waals surface area contributed by atoms with E-state index in [1.807, 2.05) is 0 Å². The number of hydrogen-bond acceptors (Lipinski definition) is 3. The van der Waals surface area contributed by atoms with Crippen molar-refractivity contribution in [3.8, 4) is 0 Å². The molecule has 0 amide bonds. The van der Waals surface area contributed by atoms with Crippen LogP contribution in [-0.2, 0) is 0 Å². The summed E-state index contributed by atoms with van der Waals surface area (Å²) in [6, 6.07) is 4.23. The summed E-state index contributed by atoms with van der Waals surface area (Å²) in [5, 5.41) is 11.8. The third kappa shape index (κ3) is 2.17. The molecule has 1 aromatic rings. The predicted octanol–water partition coefficient (Wildman–Crippen LogP) is 0.661. The Hall–Kier alpha value is -1.13. The molecular weight excluding hydrogens is 171 g/mol. The fourth-order valence-corrected chi connectivity index (χ4v) is 1.14. The molecule has 3 nitrogen and oxygen atoms in total. The zero-order valence-electron chi connectivity index (χ0n) is 7.42. The molecule has 0 aliphatic heterocycles. The van der Waals surface area contributed by atoms with Crippen molar-refractivity contribution in [1.29, 1.82) is 0 Å². The molecule has 0 bridgehead atoms. The highest BCUT2D eigenvalue weighted by Gasteiger charge is 2.08. The molecule has 1 atom stereocenters. The van der Waals surface area contributed by atoms with Gasteiger partial charge in [-0.1, -0.05) is 6.07 Å². The molecule has 0 spiro atoms. The molecule has 0 heterocycles. The van der Waals surface area contributed by atoms with Gasteiger partial charge in [-0.3, -0.25) is 0 Å². The maximum Gasteiger partial charge on any atom is 0.146 e. The predicted molar refractivity (Wildman–Crippen MR) is 49.7 cm³/mol. The van der Waals surface area contributed by atoms with Crippen LogP contribution in [0, 0.1) is 5.82 Å². The summed E-state index contributed by atoms with van der Waals surface area (Å²) < 4.78 is 12.8. The Morgan fingerprint density at radius 2 is 2.31 bits per heavy atom. The molecule has 0 radical (unpaired) electrons. The van der Waals surface area contributed by atoms with Crippen molar-refractivity contribution in [3.63, 3.8) is 0 Å². The van der Waals surface area contributed by atoms with Gasteiger partial charge in [-0.15, -0.1) is 0 Å². The van der Waals surface area contributed by atoms with Gasteiger partial charge in [0.1, 0.15) is 5.82 Å². The highest BCUT2D eigenvalue weighted by atomic mass is 19.1. The number of nitrogens with one attached hydrogen (secondary N) is 1. The molecule has 0 aliphatic carbocycles. The number of aliphatic hydroxyl groups excluding tert-OH is 1. The summed E-state index contributed by atoms with van der Waals surface area (Å²) in [5.74, 6) is -0.434. The van der Waals surface area contributed by atoms with Crippen molar-refractivity contribution in [2.45, 2.75) is 6.04 Å². The van der Waals surface area contributed by atoms with E-state index in [1.54, 1.807) is 13.1 Å². The molecule has 0 saturated carbocycles. The molecule has 1 rings (SSSR count). The molecule has 1 aromatic carbocycles. The number of aliphatic hydroxyl groups is 1. The Labute approximate surface area is 76.4 Å². The third-order valence-corrected chi connectivity index (χ3v) is 1.95. The van der Waals surface area contributed by atoms with Crippen molar-refractivity contribution < 1.29 is 9.50 Å². The third-order valence-electron chi connectivity index (χ3n) is 1.95. The van der Waals surface area contributed by atoms with Crippen LogP contribution in [0.2, 0.25) is 0 Å². The van der Waals surface area contributed by atoms with Gasteiger partial charge in [0.25, 0.3) is 0 Å². The van der Waals surface area contributed by atoms with E-state index in [4.69, 9.17) is 10.8 Å². The molecule has 0 unspecified atom stereocenters. The SMILES string of the molecule is CN[C@@H](CO)c1ccc(F)c(N)c1. The van der Waals surface area contributed by atoms with Crippen molar-refractivity contribution in [2.75, 3.05) is 19.4 Å². The first kappa shape index (κ1) is 9.95. The Balaban J connectivity index is 2.95. The lowest BCUT2D eigenvalue weighted by atomic mass is 10.1. The number of halogens is 1. The second-order valence-corrected chi connectivity index (χ2v) is 2.80. The van der Waals surface area contributed by atoms with Gasteiger partial charge < -0.3 is 16.2 Å². The topological polar surface area (TPSA) is 58.3 Å². The number of anilines is 1. The minimum Gasteiger partial charge on any atom is -0.396 e. The number of nitrogens with two attached hydrogens (primary N) is 1. The smallest absolute Gasteiger partial charge is 0.146 e. The summed E-state index contributed by atoms with van der Waals surface area (Å²) in [6.07, 6.45) is 0. The van der Waals surface area contributed by atoms with E-state index in [-0.39, 0.29) is 18.3 Å². The van der Waals surface area contributed by atoms with Gasteiger partial charge in [-0.2, -0.15) is 0 Å². The second kappa shape index (κ2) is 4.20. The van der Waals surface area contributed by atoms with Gasteiger partial charge in [0.2, 0.25) is 0 Å². The van der Waals surface area contributed by atoms with Gasteiger partial charge in [0, 0.05) is 0 Å². The fraction of sp³-hybridized carbons (Fsp3) is 0.333. The van der Waals surface area contributed by atoms with Crippen LogP contribution in [0.25, 0.3) is 0 Å². The normalized spacial score (nSPS) is 12.8. The van der Waals surface area contributed by atoms with Crippen LogP contribution in [0.3, 0.4) is 0 Å². The van der Waals surface area contributed by atoms with Crippen LogP contribution in [0.5, 0.6) is 0 Å². The van der Waals surface area contributed by atoms with E-state index in [0.29, 0.717) is 0 Å². The largest absolute Gasteiger partial charge is 0.396 e. The first-order valence-corrected chi connectivity index (χ1v) is 4.02. The van der Waals surface area contributed by atoms with Crippen LogP contribution in [0.4, 0.5) is 10.1 Å². The molecular formula is C9H13FN2O. The maximum atomic E-state index is 12.8. The zero-order valence-corrected chi connectivity index (χ0v) is 7.42. The van der Waals surface area contributed by atoms with E-state index >= 15 is 0 Å². The van der Waals surface area contributed by atoms with E-state index in [9.17, 15) is 4.39 Å². The van der Waals surface area contributed by atoms with E-state index in [0.717, 1.165) is 5.56 Å². The average Bonchev–Trinajstić information content (AvgIpc) is 2.13. The lowest BCUT2D eigenvalue weighted by Crippen LogP contribution is -2.20. The summed E-state index contributed by atoms with van der Waals surface area (Å²) in [5.41, 5.74) is 6.27. The van der Waals surface area contributed by atoms with Gasteiger partial charge in [0.15, 0.2) is 0 Å². The lowest BCUT2D eigenvalue weighted by molar-refractivity contribution is 0.251. The molecule has 0 aromatic heterocycles. The Kier molecular flexibility index (Phi) is 3.22. The maximum absolute atomic E-state index is 12.8. The Morgan fingerprint density at radius 1 is 1.62 bits per heavy atom. The number of nitrogen functional groups attached to an aromatic ring is 1. The van der Waals surface area contributed by atoms with Crippen LogP contribution in [-0.4, -0.2) is 18.8 Å². The van der Waals surface area contributed by atoms with Crippen LogP contribution >= 0.6 is 0 Å². The molecule has 0 saturated heterocycles. The van der Waals surface area contributed by atoms with Gasteiger partial charge in [0.05, 0.1) is 18.3 Å². The van der Waals surface area contributed by atoms with E-state index in [2.05, 4.69) is 5.32 Å². The average molecular weight is 184 g/mol. The van der Waals surface area contributed by atoms with Crippen molar-refractivity contribution in [1.82, 2.24) is 5.32 Å². The minimum atomic E-state index is -0.434. The van der Waals surface area contributed by atoms with Crippen LogP contribution in [0.15, 0.2) is 18.2 Å². The summed E-state index contributed by atoms with van der Waals surface area (Å²) in [7, 11) is 1.72. The molecule has 13 heavy (non-hydrogen) atoms. The van der Waals surface area contributed by atoms with Crippen LogP contribution < -0.4 is 11.1 Å². The van der Waals surface area contributed by atoms with Crippen molar-refractivity contribution in [2.24, 2.45) is 0 Å². The lowest BCUT2D eigenvalue weighted by Gasteiger charge is -2.13. The summed E-state index contributed by atoms with van der Waals surface area (Å²) >= 11 is 0. The van der Waals surface area contributed by atoms with Crippen LogP contribution in [0.1, 0.15) is 11.6 Å². The van der Waals surface area contributed by atoms with Crippen molar-refractivity contribution >= 4 is 5.69 Å². The number of rotatable bonds is 3. The molecule has 4 N–H and O–H groups in total. The number of hydrogen-bond donors (Lipinski definition) is 3. The Morgan fingerprint density at radius 3 is 2.77 bits per heavy atom. The summed E-state index contributed by atoms with van der Waals surface area (Å²) in [6.45, 7) is -0.0401. The number of benzene rings is 1. The van der Waals surface area contributed by atoms with Gasteiger partial charge in [-0.25, -0.2) is 4.39 Å². The Bertz CT molecular complexity index is 287. The minimum absolute atomic E-state index is 0.0401. The molecule has 4 heteroatoms. The quantitative estimate of drug-likeness (QED) is 0.605. The van der Waals surface area contributed by atoms with Gasteiger partial charge >= 0.3 is 0 Å². The zero-order chi connectivity index (χ0) is 9.84. The van der Waals surface area contributed by atoms with Crippen molar-refractivity contribution in [3.05, 3.63) is 29.6 Å². The molecule has 0 aliphatic rings. The van der Waals surface area contributed by atoms with Gasteiger partial charge in [-0.05, 0) is 24.7 Å². The number of likely N-dealkylation sites (N-methyl/N-ethyl adjacent to an activating group) is 1. The molecule has 0 fully saturated rings. The highest BCUT2D eigenvalue weighted by Crippen LogP contribution is 2.17. The second-order valence-electron chi connectivity index (χ2n) is 2.80. The first-order chi connectivity index (χ1) is 6.19. The summed E-state index contributed by atoms with van der Waals surface area (Å²) in [4.78, 5) is 0. The standard InChI is InChI=1S/C9H13FN2O/c1-12-9(5-13)6-2-3-7(10)8(11)4-6/h2-4,9,12-13H,5,11H2,1H3/t9-/m0/s1. The first-order valence-electron chi connectivity index (χ1n) is 4.02. The van der Waals surface area contributed by atoms with E-state index < -0.39 is 5.82 Å². The molecule has 72 valence electrons. The fourth-order valence-electron chi connectivity index (χ4n) is 1.14. The van der Waals surface area contributed by atoms with E-state index in [1.165, 1.54) is 12.1 Å².